The van der Waals surface area contributed by atoms with E-state index in [1.54, 1.807) is 14.0 Å². The number of fused-ring (bicyclic) bond motifs is 1. The maximum Gasteiger partial charge on any atom is 0.247 e. The van der Waals surface area contributed by atoms with Crippen molar-refractivity contribution < 1.29 is 14.3 Å². The highest BCUT2D eigenvalue weighted by Crippen LogP contribution is 2.39. The molecule has 1 aliphatic heterocycles. The van der Waals surface area contributed by atoms with Crippen molar-refractivity contribution in [1.29, 1.82) is 0 Å². The van der Waals surface area contributed by atoms with Crippen molar-refractivity contribution in [3.63, 3.8) is 0 Å². The number of nitrogens with one attached hydrogen (secondary N) is 2. The number of piperazine rings is 1. The topological polar surface area (TPSA) is 118 Å². The van der Waals surface area contributed by atoms with Gasteiger partial charge in [0.25, 0.3) is 0 Å². The number of hydrogen-bond acceptors (Lipinski definition) is 8. The van der Waals surface area contributed by atoms with E-state index in [0.29, 0.717) is 49.1 Å². The van der Waals surface area contributed by atoms with Crippen LogP contribution in [0.1, 0.15) is 6.92 Å². The molecule has 2 amide bonds. The summed E-state index contributed by atoms with van der Waals surface area (Å²) in [6.07, 6.45) is 4.55. The summed E-state index contributed by atoms with van der Waals surface area (Å²) in [5.41, 5.74) is 4.73. The Morgan fingerprint density at radius 2 is 1.85 bits per heavy atom. The molecule has 4 aromatic rings. The average molecular weight is 527 g/mol. The first-order chi connectivity index (χ1) is 18.9. The van der Waals surface area contributed by atoms with Gasteiger partial charge in [0.05, 0.1) is 41.6 Å². The van der Waals surface area contributed by atoms with Crippen LogP contribution in [0.4, 0.5) is 22.9 Å². The first-order valence-electron chi connectivity index (χ1n) is 12.5. The molecule has 0 bridgehead atoms. The first kappa shape index (κ1) is 25.7. The van der Waals surface area contributed by atoms with Crippen molar-refractivity contribution in [2.45, 2.75) is 6.92 Å². The van der Waals surface area contributed by atoms with Crippen LogP contribution >= 0.6 is 0 Å². The van der Waals surface area contributed by atoms with Gasteiger partial charge in [0.15, 0.2) is 0 Å². The zero-order valence-electron chi connectivity index (χ0n) is 22.1. The molecule has 0 radical (unpaired) electrons. The standard InChI is InChI=1S/C28H30N8O3/c1-5-28(38)33-22-13-23(26(39-4)15-25(22)36-10-8-35(9-11-36)18(2)37)32-27-14-21(29-17-30-27)19-6-7-24-20(12-19)16-31-34(24)3/h5-7,12-17H,1,8-11H2,2-4H3,(H,33,38)(H,29,30,32). The summed E-state index contributed by atoms with van der Waals surface area (Å²) in [7, 11) is 3.50. The van der Waals surface area contributed by atoms with Crippen molar-refractivity contribution in [2.24, 2.45) is 7.05 Å². The third-order valence-electron chi connectivity index (χ3n) is 6.80. The number of hydrogen-bond donors (Lipinski definition) is 2. The minimum atomic E-state index is -0.329. The lowest BCUT2D eigenvalue weighted by Gasteiger charge is -2.36. The summed E-state index contributed by atoms with van der Waals surface area (Å²) in [6, 6.07) is 11.6. The van der Waals surface area contributed by atoms with E-state index < -0.39 is 0 Å². The molecule has 5 rings (SSSR count). The Morgan fingerprint density at radius 3 is 2.56 bits per heavy atom. The second-order valence-electron chi connectivity index (χ2n) is 9.21. The van der Waals surface area contributed by atoms with Crippen molar-refractivity contribution >= 4 is 45.6 Å². The molecule has 39 heavy (non-hydrogen) atoms. The van der Waals surface area contributed by atoms with Crippen LogP contribution in [0.25, 0.3) is 22.2 Å². The maximum absolute atomic E-state index is 12.3. The molecule has 2 N–H and O–H groups in total. The van der Waals surface area contributed by atoms with Crippen LogP contribution < -0.4 is 20.3 Å². The van der Waals surface area contributed by atoms with Crippen LogP contribution in [0, 0.1) is 0 Å². The number of aromatic nitrogens is 4. The van der Waals surface area contributed by atoms with Gasteiger partial charge in [0.1, 0.15) is 17.9 Å². The van der Waals surface area contributed by atoms with Crippen molar-refractivity contribution in [1.82, 2.24) is 24.6 Å². The fourth-order valence-electron chi connectivity index (χ4n) is 4.69. The zero-order valence-corrected chi connectivity index (χ0v) is 22.1. The maximum atomic E-state index is 12.3. The van der Waals surface area contributed by atoms with E-state index in [0.717, 1.165) is 27.8 Å². The van der Waals surface area contributed by atoms with Crippen molar-refractivity contribution in [3.05, 3.63) is 61.6 Å². The van der Waals surface area contributed by atoms with Gasteiger partial charge < -0.3 is 25.2 Å². The molecule has 11 heteroatoms. The Kier molecular flexibility index (Phi) is 7.13. The monoisotopic (exact) mass is 526 g/mol. The summed E-state index contributed by atoms with van der Waals surface area (Å²) in [4.78, 5) is 36.9. The van der Waals surface area contributed by atoms with E-state index in [1.165, 1.54) is 12.4 Å². The largest absolute Gasteiger partial charge is 0.494 e. The molecule has 0 spiro atoms. The van der Waals surface area contributed by atoms with Gasteiger partial charge in [-0.2, -0.15) is 5.10 Å². The molecule has 1 fully saturated rings. The van der Waals surface area contributed by atoms with E-state index >= 15 is 0 Å². The Morgan fingerprint density at radius 1 is 1.05 bits per heavy atom. The number of methoxy groups -OCH3 is 1. The lowest BCUT2D eigenvalue weighted by molar-refractivity contribution is -0.129. The number of ether oxygens (including phenoxy) is 1. The van der Waals surface area contributed by atoms with E-state index in [1.807, 2.05) is 59.2 Å². The van der Waals surface area contributed by atoms with Gasteiger partial charge in [0.2, 0.25) is 11.8 Å². The Labute approximate surface area is 226 Å². The molecule has 11 nitrogen and oxygen atoms in total. The molecule has 0 aliphatic carbocycles. The number of anilines is 4. The third kappa shape index (κ3) is 5.37. The molecule has 0 unspecified atom stereocenters. The van der Waals surface area contributed by atoms with Gasteiger partial charge in [-0.25, -0.2) is 9.97 Å². The SMILES string of the molecule is C=CC(=O)Nc1cc(Nc2cc(-c3ccc4c(cnn4C)c3)ncn2)c(OC)cc1N1CCN(C(C)=O)CC1. The average Bonchev–Trinajstić information content (AvgIpc) is 3.33. The quantitative estimate of drug-likeness (QED) is 0.351. The number of aryl methyl sites for hydroxylation is 1. The summed E-state index contributed by atoms with van der Waals surface area (Å²) in [5.74, 6) is 0.863. The highest BCUT2D eigenvalue weighted by molar-refractivity contribution is 6.02. The smallest absolute Gasteiger partial charge is 0.247 e. The molecule has 3 heterocycles. The molecule has 2 aromatic heterocycles. The first-order valence-corrected chi connectivity index (χ1v) is 12.5. The van der Waals surface area contributed by atoms with Crippen LogP contribution in [0.5, 0.6) is 5.75 Å². The van der Waals surface area contributed by atoms with Gasteiger partial charge in [-0.05, 0) is 24.3 Å². The third-order valence-corrected chi connectivity index (χ3v) is 6.80. The second kappa shape index (κ2) is 10.8. The summed E-state index contributed by atoms with van der Waals surface area (Å²) in [5, 5.41) is 11.6. The lowest BCUT2D eigenvalue weighted by atomic mass is 10.1. The Hall–Kier alpha value is -4.93. The summed E-state index contributed by atoms with van der Waals surface area (Å²) in [6.45, 7) is 7.61. The molecule has 200 valence electrons. The van der Waals surface area contributed by atoms with E-state index in [2.05, 4.69) is 37.2 Å². The summed E-state index contributed by atoms with van der Waals surface area (Å²) >= 11 is 0. The Bertz CT molecular complexity index is 1560. The lowest BCUT2D eigenvalue weighted by Crippen LogP contribution is -2.48. The van der Waals surface area contributed by atoms with Gasteiger partial charge in [0, 0.05) is 63.2 Å². The number of amides is 2. The van der Waals surface area contributed by atoms with Gasteiger partial charge in [-0.1, -0.05) is 12.6 Å². The number of nitrogens with zero attached hydrogens (tertiary/aromatic N) is 6. The number of rotatable bonds is 7. The van der Waals surface area contributed by atoms with Crippen LogP contribution in [0.15, 0.2) is 61.6 Å². The van der Waals surface area contributed by atoms with E-state index in [4.69, 9.17) is 4.74 Å². The van der Waals surface area contributed by atoms with Crippen molar-refractivity contribution in [2.75, 3.05) is 48.8 Å². The predicted octanol–water partition coefficient (Wildman–Crippen LogP) is 3.58. The van der Waals surface area contributed by atoms with Gasteiger partial charge in [-0.3, -0.25) is 14.3 Å². The molecular weight excluding hydrogens is 496 g/mol. The van der Waals surface area contributed by atoms with Crippen LogP contribution in [0.3, 0.4) is 0 Å². The molecule has 2 aromatic carbocycles. The van der Waals surface area contributed by atoms with E-state index in [9.17, 15) is 9.59 Å². The van der Waals surface area contributed by atoms with Gasteiger partial charge >= 0.3 is 0 Å². The Balaban J connectivity index is 1.46. The zero-order chi connectivity index (χ0) is 27.5. The second-order valence-corrected chi connectivity index (χ2v) is 9.21. The fourth-order valence-corrected chi connectivity index (χ4v) is 4.69. The highest BCUT2D eigenvalue weighted by atomic mass is 16.5. The van der Waals surface area contributed by atoms with Crippen LogP contribution in [0.2, 0.25) is 0 Å². The molecule has 1 aliphatic rings. The van der Waals surface area contributed by atoms with E-state index in [-0.39, 0.29) is 11.8 Å². The fraction of sp³-hybridized carbons (Fsp3) is 0.250. The predicted molar refractivity (Wildman–Crippen MR) is 151 cm³/mol. The summed E-state index contributed by atoms with van der Waals surface area (Å²) < 4.78 is 7.55. The van der Waals surface area contributed by atoms with Gasteiger partial charge in [-0.15, -0.1) is 0 Å². The normalized spacial score (nSPS) is 13.3. The van der Waals surface area contributed by atoms with Crippen molar-refractivity contribution in [3.8, 4) is 17.0 Å². The number of benzene rings is 2. The highest BCUT2D eigenvalue weighted by Gasteiger charge is 2.23. The molecular formula is C28H30N8O3. The number of carbonyl (C=O) groups is 2. The minimum absolute atomic E-state index is 0.0524. The minimum Gasteiger partial charge on any atom is -0.494 e. The molecule has 0 atom stereocenters. The number of carbonyl (C=O) groups excluding carboxylic acids is 2. The molecule has 1 saturated heterocycles. The van der Waals surface area contributed by atoms with Crippen LogP contribution in [-0.2, 0) is 16.6 Å². The molecule has 0 saturated carbocycles. The van der Waals surface area contributed by atoms with Crippen LogP contribution in [-0.4, -0.2) is 69.8 Å².